The first kappa shape index (κ1) is 21.7. The highest BCUT2D eigenvalue weighted by Crippen LogP contribution is 2.18. The first-order valence-electron chi connectivity index (χ1n) is 10.6. The molecule has 0 bridgehead atoms. The van der Waals surface area contributed by atoms with Gasteiger partial charge in [-0.05, 0) is 49.1 Å². The van der Waals surface area contributed by atoms with Gasteiger partial charge in [0.05, 0.1) is 24.0 Å². The van der Waals surface area contributed by atoms with Gasteiger partial charge in [-0.1, -0.05) is 30.3 Å². The van der Waals surface area contributed by atoms with Crippen molar-refractivity contribution in [3.8, 4) is 0 Å². The van der Waals surface area contributed by atoms with E-state index in [4.69, 9.17) is 0 Å². The van der Waals surface area contributed by atoms with Gasteiger partial charge >= 0.3 is 0 Å². The predicted molar refractivity (Wildman–Crippen MR) is 115 cm³/mol. The number of carbonyl (C=O) groups excluding carboxylic acids is 1. The van der Waals surface area contributed by atoms with E-state index in [2.05, 4.69) is 17.0 Å². The lowest BCUT2D eigenvalue weighted by atomic mass is 10.0. The zero-order chi connectivity index (χ0) is 20.7. The Morgan fingerprint density at radius 3 is 2.69 bits per heavy atom. The van der Waals surface area contributed by atoms with E-state index < -0.39 is 10.0 Å². The number of likely N-dealkylation sites (tertiary alicyclic amines) is 1. The smallest absolute Gasteiger partial charge is 0.240 e. The van der Waals surface area contributed by atoms with Gasteiger partial charge in [0.1, 0.15) is 0 Å². The Labute approximate surface area is 173 Å². The maximum absolute atomic E-state index is 12.5. The van der Waals surface area contributed by atoms with Gasteiger partial charge in [-0.3, -0.25) is 4.79 Å². The Morgan fingerprint density at radius 1 is 1.10 bits per heavy atom. The number of carbonyl (C=O) groups is 1. The molecule has 29 heavy (non-hydrogen) atoms. The summed E-state index contributed by atoms with van der Waals surface area (Å²) in [5, 5.41) is 4.77. The highest BCUT2D eigenvalue weighted by Gasteiger charge is 2.21. The highest BCUT2D eigenvalue weighted by atomic mass is 32.2. The van der Waals surface area contributed by atoms with Crippen molar-refractivity contribution in [2.24, 2.45) is 0 Å². The fraction of sp³-hybridized carbons (Fsp3) is 0.500. The highest BCUT2D eigenvalue weighted by molar-refractivity contribution is 7.89. The number of hydrogen-bond donors (Lipinski definition) is 3. The molecule has 0 aliphatic carbocycles. The molecule has 0 saturated carbocycles. The van der Waals surface area contributed by atoms with Gasteiger partial charge in [-0.25, -0.2) is 13.1 Å². The van der Waals surface area contributed by atoms with Gasteiger partial charge in [0, 0.05) is 25.9 Å². The molecule has 2 atom stereocenters. The number of sulfonamides is 1. The van der Waals surface area contributed by atoms with Gasteiger partial charge in [0.25, 0.3) is 0 Å². The third kappa shape index (κ3) is 6.26. The third-order valence-corrected chi connectivity index (χ3v) is 7.21. The van der Waals surface area contributed by atoms with E-state index >= 15 is 0 Å². The molecule has 1 heterocycles. The van der Waals surface area contributed by atoms with Crippen LogP contribution in [0.15, 0.2) is 47.4 Å². The van der Waals surface area contributed by atoms with Crippen LogP contribution < -0.4 is 14.9 Å². The Kier molecular flexibility index (Phi) is 7.64. The van der Waals surface area contributed by atoms with Crippen LogP contribution in [0.25, 0.3) is 10.8 Å². The number of benzene rings is 2. The largest absolute Gasteiger partial charge is 0.356 e. The summed E-state index contributed by atoms with van der Waals surface area (Å²) in [5.41, 5.74) is 0. The molecular formula is C22H32N3O3S+. The molecule has 1 aliphatic rings. The lowest BCUT2D eigenvalue weighted by molar-refractivity contribution is -0.928. The van der Waals surface area contributed by atoms with Crippen LogP contribution in [-0.2, 0) is 14.8 Å². The quantitative estimate of drug-likeness (QED) is 0.540. The van der Waals surface area contributed by atoms with Crippen LogP contribution in [0.2, 0.25) is 0 Å². The minimum atomic E-state index is -3.63. The van der Waals surface area contributed by atoms with Crippen molar-refractivity contribution in [1.82, 2.24) is 10.0 Å². The number of quaternary nitrogens is 1. The number of fused-ring (bicyclic) bond motifs is 1. The standard InChI is InChI=1S/C22H31N3O3S/c1-18-7-4-5-15-25(18)16-6-13-23-22(26)12-14-24-29(27,28)21-11-10-19-8-2-3-9-20(19)17-21/h2-3,8-11,17-18,24H,4-7,12-16H2,1H3,(H,23,26)/p+1/t18-/m0/s1. The lowest BCUT2D eigenvalue weighted by Gasteiger charge is -2.30. The normalized spacial score (nSPS) is 19.9. The van der Waals surface area contributed by atoms with Gasteiger partial charge < -0.3 is 10.2 Å². The summed E-state index contributed by atoms with van der Waals surface area (Å²) in [7, 11) is -3.63. The fourth-order valence-electron chi connectivity index (χ4n) is 3.97. The van der Waals surface area contributed by atoms with Crippen LogP contribution in [0.4, 0.5) is 0 Å². The van der Waals surface area contributed by atoms with Crippen LogP contribution in [-0.4, -0.2) is 46.5 Å². The van der Waals surface area contributed by atoms with E-state index in [-0.39, 0.29) is 23.8 Å². The van der Waals surface area contributed by atoms with Crippen LogP contribution >= 0.6 is 0 Å². The van der Waals surface area contributed by atoms with E-state index in [1.807, 2.05) is 24.3 Å². The Morgan fingerprint density at radius 2 is 1.90 bits per heavy atom. The molecule has 6 nitrogen and oxygen atoms in total. The molecule has 0 aromatic heterocycles. The molecule has 1 fully saturated rings. The van der Waals surface area contributed by atoms with Crippen LogP contribution in [0.5, 0.6) is 0 Å². The number of piperidine rings is 1. The molecular weight excluding hydrogens is 386 g/mol. The van der Waals surface area contributed by atoms with Gasteiger partial charge in [0.15, 0.2) is 0 Å². The first-order valence-corrected chi connectivity index (χ1v) is 12.0. The molecule has 3 rings (SSSR count). The second-order valence-corrected chi connectivity index (χ2v) is 9.68. The minimum Gasteiger partial charge on any atom is -0.356 e. The molecule has 1 unspecified atom stereocenters. The van der Waals surface area contributed by atoms with E-state index in [0.29, 0.717) is 12.6 Å². The van der Waals surface area contributed by atoms with Gasteiger partial charge in [0.2, 0.25) is 15.9 Å². The summed E-state index contributed by atoms with van der Waals surface area (Å²) < 4.78 is 27.5. The summed E-state index contributed by atoms with van der Waals surface area (Å²) in [6.07, 6.45) is 5.01. The fourth-order valence-corrected chi connectivity index (χ4v) is 5.04. The maximum Gasteiger partial charge on any atom is 0.240 e. The van der Waals surface area contributed by atoms with Crippen molar-refractivity contribution >= 4 is 26.7 Å². The zero-order valence-corrected chi connectivity index (χ0v) is 17.9. The molecule has 1 saturated heterocycles. The summed E-state index contributed by atoms with van der Waals surface area (Å²) in [6, 6.07) is 13.4. The van der Waals surface area contributed by atoms with E-state index in [1.165, 1.54) is 25.8 Å². The third-order valence-electron chi connectivity index (χ3n) is 5.75. The van der Waals surface area contributed by atoms with Crippen molar-refractivity contribution in [3.05, 3.63) is 42.5 Å². The number of hydrogen-bond acceptors (Lipinski definition) is 3. The minimum absolute atomic E-state index is 0.0927. The maximum atomic E-state index is 12.5. The predicted octanol–water partition coefficient (Wildman–Crippen LogP) is 1.47. The molecule has 0 spiro atoms. The number of amides is 1. The number of nitrogens with one attached hydrogen (secondary N) is 3. The molecule has 3 N–H and O–H groups in total. The number of rotatable bonds is 9. The lowest BCUT2D eigenvalue weighted by Crippen LogP contribution is -3.16. The van der Waals surface area contributed by atoms with E-state index in [1.54, 1.807) is 23.1 Å². The van der Waals surface area contributed by atoms with Gasteiger partial charge in [-0.15, -0.1) is 0 Å². The van der Waals surface area contributed by atoms with Crippen LogP contribution in [0.1, 0.15) is 39.0 Å². The van der Waals surface area contributed by atoms with Crippen molar-refractivity contribution in [1.29, 1.82) is 0 Å². The summed E-state index contributed by atoms with van der Waals surface area (Å²) in [4.78, 5) is 13.9. The summed E-state index contributed by atoms with van der Waals surface area (Å²) >= 11 is 0. The molecule has 2 aromatic carbocycles. The molecule has 1 amide bonds. The van der Waals surface area contributed by atoms with E-state index in [9.17, 15) is 13.2 Å². The average molecular weight is 419 g/mol. The molecule has 1 aliphatic heterocycles. The zero-order valence-electron chi connectivity index (χ0n) is 17.1. The average Bonchev–Trinajstić information content (AvgIpc) is 2.72. The van der Waals surface area contributed by atoms with E-state index in [0.717, 1.165) is 23.7 Å². The van der Waals surface area contributed by atoms with Crippen LogP contribution in [0.3, 0.4) is 0 Å². The molecule has 158 valence electrons. The monoisotopic (exact) mass is 418 g/mol. The second-order valence-electron chi connectivity index (χ2n) is 7.92. The van der Waals surface area contributed by atoms with Crippen molar-refractivity contribution in [3.63, 3.8) is 0 Å². The van der Waals surface area contributed by atoms with Gasteiger partial charge in [-0.2, -0.15) is 0 Å². The summed E-state index contributed by atoms with van der Waals surface area (Å²) in [5.74, 6) is -0.118. The Balaban J connectivity index is 1.38. The molecule has 7 heteroatoms. The van der Waals surface area contributed by atoms with Crippen molar-refractivity contribution < 1.29 is 18.1 Å². The topological polar surface area (TPSA) is 79.7 Å². The SMILES string of the molecule is C[C@H]1CCCC[NH+]1CCCNC(=O)CCNS(=O)(=O)c1ccc2ccccc2c1. The molecule has 0 radical (unpaired) electrons. The molecule has 2 aromatic rings. The summed E-state index contributed by atoms with van der Waals surface area (Å²) in [6.45, 7) is 5.35. The Hall–Kier alpha value is -1.96. The first-order chi connectivity index (χ1) is 14.0. The second kappa shape index (κ2) is 10.2. The van der Waals surface area contributed by atoms with Crippen molar-refractivity contribution in [2.75, 3.05) is 26.2 Å². The van der Waals surface area contributed by atoms with Crippen LogP contribution in [0, 0.1) is 0 Å². The van der Waals surface area contributed by atoms with Crippen molar-refractivity contribution in [2.45, 2.75) is 50.0 Å². The Bertz CT molecular complexity index is 930.